The molecule has 7 nitrogen and oxygen atoms in total. The Kier molecular flexibility index (Phi) is 4.07. The predicted molar refractivity (Wildman–Crippen MR) is 93.7 cm³/mol. The van der Waals surface area contributed by atoms with Crippen LogP contribution in [0.2, 0.25) is 0 Å². The second-order valence-electron chi connectivity index (χ2n) is 6.85. The number of likely N-dealkylation sites (tertiary alicyclic amines) is 1. The number of aliphatic imine (C=N–C) groups is 1. The second-order valence-corrected chi connectivity index (χ2v) is 6.85. The quantitative estimate of drug-likeness (QED) is 0.878. The van der Waals surface area contributed by atoms with Gasteiger partial charge < -0.3 is 14.7 Å². The van der Waals surface area contributed by atoms with Gasteiger partial charge in [0.1, 0.15) is 0 Å². The SMILES string of the molecule is CN1C(=O)NC(=O)C2C1N=C(N1CCCCC1)N2Cc1ccccc1. The molecule has 3 aliphatic rings. The lowest BCUT2D eigenvalue weighted by atomic mass is 10.1. The zero-order valence-electron chi connectivity index (χ0n) is 14.4. The first-order valence-corrected chi connectivity index (χ1v) is 8.86. The molecule has 132 valence electrons. The number of urea groups is 1. The summed E-state index contributed by atoms with van der Waals surface area (Å²) in [5, 5.41) is 2.45. The second kappa shape index (κ2) is 6.38. The fourth-order valence-corrected chi connectivity index (χ4v) is 3.82. The molecule has 3 heterocycles. The Morgan fingerprint density at radius 2 is 1.84 bits per heavy atom. The maximum atomic E-state index is 12.6. The van der Waals surface area contributed by atoms with Crippen molar-refractivity contribution in [2.45, 2.75) is 38.0 Å². The molecule has 0 aliphatic carbocycles. The van der Waals surface area contributed by atoms with E-state index in [1.54, 1.807) is 7.05 Å². The molecule has 0 saturated carbocycles. The highest BCUT2D eigenvalue weighted by Crippen LogP contribution is 2.28. The van der Waals surface area contributed by atoms with E-state index >= 15 is 0 Å². The number of imide groups is 1. The monoisotopic (exact) mass is 341 g/mol. The Bertz CT molecular complexity index is 699. The van der Waals surface area contributed by atoms with Gasteiger partial charge in [0.05, 0.1) is 0 Å². The third kappa shape index (κ3) is 2.83. The van der Waals surface area contributed by atoms with Crippen LogP contribution in [0.25, 0.3) is 0 Å². The van der Waals surface area contributed by atoms with Crippen LogP contribution in [-0.2, 0) is 11.3 Å². The van der Waals surface area contributed by atoms with Crippen LogP contribution >= 0.6 is 0 Å². The normalized spacial score (nSPS) is 26.4. The van der Waals surface area contributed by atoms with E-state index in [1.807, 2.05) is 18.2 Å². The van der Waals surface area contributed by atoms with Crippen molar-refractivity contribution in [1.82, 2.24) is 20.0 Å². The van der Waals surface area contributed by atoms with Gasteiger partial charge in [-0.2, -0.15) is 0 Å². The summed E-state index contributed by atoms with van der Waals surface area (Å²) in [6.07, 6.45) is 3.04. The van der Waals surface area contributed by atoms with Crippen molar-refractivity contribution in [1.29, 1.82) is 0 Å². The lowest BCUT2D eigenvalue weighted by molar-refractivity contribution is -0.127. The van der Waals surface area contributed by atoms with Crippen LogP contribution in [-0.4, -0.2) is 64.9 Å². The highest BCUT2D eigenvalue weighted by atomic mass is 16.2. The average Bonchev–Trinajstić information content (AvgIpc) is 3.01. The van der Waals surface area contributed by atoms with Crippen LogP contribution in [0.5, 0.6) is 0 Å². The third-order valence-electron chi connectivity index (χ3n) is 5.17. The van der Waals surface area contributed by atoms with Gasteiger partial charge in [-0.3, -0.25) is 10.1 Å². The number of carbonyl (C=O) groups is 2. The van der Waals surface area contributed by atoms with Gasteiger partial charge in [-0.15, -0.1) is 0 Å². The molecule has 2 saturated heterocycles. The maximum Gasteiger partial charge on any atom is 0.325 e. The van der Waals surface area contributed by atoms with Crippen molar-refractivity contribution >= 4 is 17.9 Å². The maximum absolute atomic E-state index is 12.6. The average molecular weight is 341 g/mol. The molecule has 2 fully saturated rings. The van der Waals surface area contributed by atoms with E-state index in [0.717, 1.165) is 37.5 Å². The Hall–Kier alpha value is -2.57. The van der Waals surface area contributed by atoms with Crippen LogP contribution in [0.4, 0.5) is 4.79 Å². The fraction of sp³-hybridized carbons (Fsp3) is 0.500. The zero-order chi connectivity index (χ0) is 17.4. The summed E-state index contributed by atoms with van der Waals surface area (Å²) in [6.45, 7) is 2.50. The molecule has 0 aromatic heterocycles. The summed E-state index contributed by atoms with van der Waals surface area (Å²) in [5.74, 6) is 0.579. The summed E-state index contributed by atoms with van der Waals surface area (Å²) >= 11 is 0. The van der Waals surface area contributed by atoms with Gasteiger partial charge in [0.2, 0.25) is 0 Å². The molecule has 25 heavy (non-hydrogen) atoms. The molecule has 0 spiro atoms. The van der Waals surface area contributed by atoms with Gasteiger partial charge in [-0.05, 0) is 24.8 Å². The lowest BCUT2D eigenvalue weighted by Gasteiger charge is -2.38. The zero-order valence-corrected chi connectivity index (χ0v) is 14.4. The Balaban J connectivity index is 1.67. The summed E-state index contributed by atoms with van der Waals surface area (Å²) in [7, 11) is 1.70. The number of rotatable bonds is 2. The molecule has 7 heteroatoms. The van der Waals surface area contributed by atoms with Crippen LogP contribution in [0.1, 0.15) is 24.8 Å². The molecule has 1 N–H and O–H groups in total. The predicted octanol–water partition coefficient (Wildman–Crippen LogP) is 1.22. The number of piperidine rings is 1. The van der Waals surface area contributed by atoms with Crippen LogP contribution in [0.15, 0.2) is 35.3 Å². The first kappa shape index (κ1) is 15.9. The van der Waals surface area contributed by atoms with E-state index in [2.05, 4.69) is 27.2 Å². The van der Waals surface area contributed by atoms with Crippen molar-refractivity contribution in [3.63, 3.8) is 0 Å². The number of nitrogens with one attached hydrogen (secondary N) is 1. The van der Waals surface area contributed by atoms with E-state index in [1.165, 1.54) is 11.3 Å². The van der Waals surface area contributed by atoms with E-state index < -0.39 is 12.2 Å². The van der Waals surface area contributed by atoms with Gasteiger partial charge in [0.15, 0.2) is 18.2 Å². The first-order valence-electron chi connectivity index (χ1n) is 8.86. The van der Waals surface area contributed by atoms with E-state index in [-0.39, 0.29) is 11.9 Å². The minimum absolute atomic E-state index is 0.264. The number of amides is 3. The van der Waals surface area contributed by atoms with Gasteiger partial charge in [0.25, 0.3) is 5.91 Å². The summed E-state index contributed by atoms with van der Waals surface area (Å²) in [4.78, 5) is 35.2. The minimum Gasteiger partial charge on any atom is -0.343 e. The van der Waals surface area contributed by atoms with Crippen LogP contribution in [0.3, 0.4) is 0 Å². The minimum atomic E-state index is -0.472. The smallest absolute Gasteiger partial charge is 0.325 e. The number of hydrogen-bond acceptors (Lipinski definition) is 5. The van der Waals surface area contributed by atoms with E-state index in [4.69, 9.17) is 4.99 Å². The molecule has 4 rings (SSSR count). The van der Waals surface area contributed by atoms with Gasteiger partial charge >= 0.3 is 6.03 Å². The molecular weight excluding hydrogens is 318 g/mol. The van der Waals surface area contributed by atoms with Gasteiger partial charge in [-0.25, -0.2) is 9.79 Å². The van der Waals surface area contributed by atoms with Crippen molar-refractivity contribution in [3.8, 4) is 0 Å². The standard InChI is InChI=1S/C18H23N5O2/c1-21-15-14(16(24)20-18(21)25)23(12-13-8-4-2-5-9-13)17(19-15)22-10-6-3-7-11-22/h2,4-5,8-9,14-15H,3,6-7,10-12H2,1H3,(H,20,24,25). The number of benzene rings is 1. The van der Waals surface area contributed by atoms with Crippen molar-refractivity contribution in [3.05, 3.63) is 35.9 Å². The number of fused-ring (bicyclic) bond motifs is 1. The Morgan fingerprint density at radius 1 is 1.12 bits per heavy atom. The van der Waals surface area contributed by atoms with Crippen LogP contribution in [0, 0.1) is 0 Å². The van der Waals surface area contributed by atoms with E-state index in [0.29, 0.717) is 6.54 Å². The third-order valence-corrected chi connectivity index (χ3v) is 5.17. The number of carbonyl (C=O) groups excluding carboxylic acids is 2. The molecule has 1 aromatic rings. The Labute approximate surface area is 147 Å². The largest absolute Gasteiger partial charge is 0.343 e. The van der Waals surface area contributed by atoms with Crippen molar-refractivity contribution in [2.24, 2.45) is 4.99 Å². The number of likely N-dealkylation sites (N-methyl/N-ethyl adjacent to an activating group) is 1. The van der Waals surface area contributed by atoms with Gasteiger partial charge in [0, 0.05) is 26.7 Å². The van der Waals surface area contributed by atoms with Crippen molar-refractivity contribution < 1.29 is 9.59 Å². The number of nitrogens with zero attached hydrogens (tertiary/aromatic N) is 4. The molecule has 0 radical (unpaired) electrons. The van der Waals surface area contributed by atoms with Crippen molar-refractivity contribution in [2.75, 3.05) is 20.1 Å². The molecule has 3 aliphatic heterocycles. The Morgan fingerprint density at radius 3 is 2.56 bits per heavy atom. The molecule has 2 unspecified atom stereocenters. The first-order chi connectivity index (χ1) is 12.1. The summed E-state index contributed by atoms with van der Waals surface area (Å²) in [5.41, 5.74) is 1.13. The number of guanidine groups is 1. The van der Waals surface area contributed by atoms with Crippen LogP contribution < -0.4 is 5.32 Å². The van der Waals surface area contributed by atoms with E-state index in [9.17, 15) is 9.59 Å². The molecule has 3 amide bonds. The summed E-state index contributed by atoms with van der Waals surface area (Å²) in [6, 6.07) is 9.23. The summed E-state index contributed by atoms with van der Waals surface area (Å²) < 4.78 is 0. The lowest BCUT2D eigenvalue weighted by Crippen LogP contribution is -2.64. The highest BCUT2D eigenvalue weighted by Gasteiger charge is 2.49. The molecule has 2 atom stereocenters. The number of hydrogen-bond donors (Lipinski definition) is 1. The highest BCUT2D eigenvalue weighted by molar-refractivity contribution is 6.03. The topological polar surface area (TPSA) is 68.2 Å². The fourth-order valence-electron chi connectivity index (χ4n) is 3.82. The molecule has 1 aromatic carbocycles. The molecule has 0 bridgehead atoms. The van der Waals surface area contributed by atoms with Gasteiger partial charge in [-0.1, -0.05) is 30.3 Å². The molecular formula is C18H23N5O2.